The third kappa shape index (κ3) is 2.63. The Balaban J connectivity index is 1.88. The number of carbonyl (C=O) groups is 1. The summed E-state index contributed by atoms with van der Waals surface area (Å²) in [5.74, 6) is -0.823. The van der Waals surface area contributed by atoms with Gasteiger partial charge >= 0.3 is 5.97 Å². The van der Waals surface area contributed by atoms with Crippen molar-refractivity contribution in [3.8, 4) is 11.1 Å². The molecule has 5 nitrogen and oxygen atoms in total. The molecule has 1 aliphatic carbocycles. The van der Waals surface area contributed by atoms with Gasteiger partial charge in [-0.25, -0.2) is 9.97 Å². The van der Waals surface area contributed by atoms with Crippen molar-refractivity contribution in [2.45, 2.75) is 39.0 Å². The van der Waals surface area contributed by atoms with E-state index in [9.17, 15) is 9.90 Å². The molecule has 1 N–H and O–H groups in total. The lowest BCUT2D eigenvalue weighted by molar-refractivity contribution is -0.136. The summed E-state index contributed by atoms with van der Waals surface area (Å²) in [5.41, 5.74) is 7.11. The second kappa shape index (κ2) is 6.41. The SMILES string of the molecule is Cc1nc2sc3c(c2c(-c2ccc4ncn(C)c4c2)c1CC(=O)O)CCCC3. The molecule has 0 spiro atoms. The molecule has 28 heavy (non-hydrogen) atoms. The Morgan fingerprint density at radius 3 is 2.93 bits per heavy atom. The summed E-state index contributed by atoms with van der Waals surface area (Å²) in [5, 5.41) is 10.7. The number of thiophene rings is 1. The maximum absolute atomic E-state index is 11.7. The Hall–Kier alpha value is -2.73. The molecule has 0 atom stereocenters. The highest BCUT2D eigenvalue weighted by atomic mass is 32.1. The number of benzene rings is 1. The van der Waals surface area contributed by atoms with Gasteiger partial charge in [-0.05, 0) is 67.0 Å². The first-order valence-electron chi connectivity index (χ1n) is 9.60. The molecule has 0 aliphatic heterocycles. The number of pyridine rings is 1. The van der Waals surface area contributed by atoms with Gasteiger partial charge in [0.1, 0.15) is 4.83 Å². The molecule has 0 fully saturated rings. The van der Waals surface area contributed by atoms with Gasteiger partial charge in [-0.3, -0.25) is 4.79 Å². The fourth-order valence-corrected chi connectivity index (χ4v) is 5.72. The van der Waals surface area contributed by atoms with E-state index in [1.54, 1.807) is 11.3 Å². The highest BCUT2D eigenvalue weighted by Crippen LogP contribution is 2.43. The van der Waals surface area contributed by atoms with Crippen molar-refractivity contribution in [3.63, 3.8) is 0 Å². The van der Waals surface area contributed by atoms with Gasteiger partial charge in [0, 0.05) is 23.0 Å². The number of hydrogen-bond acceptors (Lipinski definition) is 4. The lowest BCUT2D eigenvalue weighted by atomic mass is 9.89. The molecule has 0 bridgehead atoms. The highest BCUT2D eigenvalue weighted by molar-refractivity contribution is 7.19. The van der Waals surface area contributed by atoms with E-state index >= 15 is 0 Å². The number of carboxylic acid groups (broad SMARTS) is 1. The van der Waals surface area contributed by atoms with Crippen molar-refractivity contribution in [1.82, 2.24) is 14.5 Å². The minimum Gasteiger partial charge on any atom is -0.481 e. The fourth-order valence-electron chi connectivity index (χ4n) is 4.41. The molecule has 3 heterocycles. The van der Waals surface area contributed by atoms with Gasteiger partial charge in [0.25, 0.3) is 0 Å². The topological polar surface area (TPSA) is 68.0 Å². The molecule has 1 aliphatic rings. The van der Waals surface area contributed by atoms with E-state index in [2.05, 4.69) is 17.1 Å². The van der Waals surface area contributed by atoms with Gasteiger partial charge < -0.3 is 9.67 Å². The van der Waals surface area contributed by atoms with Crippen LogP contribution in [-0.2, 0) is 31.1 Å². The second-order valence-corrected chi connectivity index (χ2v) is 8.65. The quantitative estimate of drug-likeness (QED) is 0.551. The van der Waals surface area contributed by atoms with E-state index in [4.69, 9.17) is 4.98 Å². The molecule has 3 aromatic heterocycles. The van der Waals surface area contributed by atoms with Gasteiger partial charge in [-0.2, -0.15) is 0 Å². The first-order chi connectivity index (χ1) is 13.5. The van der Waals surface area contributed by atoms with Crippen molar-refractivity contribution < 1.29 is 9.90 Å². The highest BCUT2D eigenvalue weighted by Gasteiger charge is 2.24. The minimum atomic E-state index is -0.823. The number of aromatic nitrogens is 3. The maximum Gasteiger partial charge on any atom is 0.307 e. The molecule has 0 radical (unpaired) electrons. The first-order valence-corrected chi connectivity index (χ1v) is 10.4. The molecule has 0 unspecified atom stereocenters. The molecule has 0 saturated carbocycles. The van der Waals surface area contributed by atoms with E-state index in [1.165, 1.54) is 28.7 Å². The number of aryl methyl sites for hydroxylation is 4. The van der Waals surface area contributed by atoms with Gasteiger partial charge in [-0.1, -0.05) is 6.07 Å². The molecular formula is C22H21N3O2S. The van der Waals surface area contributed by atoms with Crippen molar-refractivity contribution in [2.75, 3.05) is 0 Å². The van der Waals surface area contributed by atoms with Crippen LogP contribution < -0.4 is 0 Å². The third-order valence-corrected chi connectivity index (χ3v) is 6.94. The van der Waals surface area contributed by atoms with Crippen LogP contribution in [0, 0.1) is 6.92 Å². The Morgan fingerprint density at radius 2 is 2.11 bits per heavy atom. The number of fused-ring (bicyclic) bond motifs is 4. The van der Waals surface area contributed by atoms with Gasteiger partial charge in [0.2, 0.25) is 0 Å². The van der Waals surface area contributed by atoms with Crippen molar-refractivity contribution in [2.24, 2.45) is 7.05 Å². The molecule has 6 heteroatoms. The number of imidazole rings is 1. The normalized spacial score (nSPS) is 13.9. The fraction of sp³-hybridized carbons (Fsp3) is 0.318. The molecule has 142 valence electrons. The zero-order valence-corrected chi connectivity index (χ0v) is 16.8. The van der Waals surface area contributed by atoms with E-state index in [0.717, 1.165) is 51.1 Å². The summed E-state index contributed by atoms with van der Waals surface area (Å²) < 4.78 is 2.00. The van der Waals surface area contributed by atoms with Crippen LogP contribution in [0.5, 0.6) is 0 Å². The van der Waals surface area contributed by atoms with Crippen LogP contribution in [0.4, 0.5) is 0 Å². The molecule has 4 aromatic rings. The Morgan fingerprint density at radius 1 is 1.29 bits per heavy atom. The molecule has 0 amide bonds. The Bertz CT molecular complexity index is 1250. The predicted octanol–water partition coefficient (Wildman–Crippen LogP) is 4.66. The lowest BCUT2D eigenvalue weighted by Crippen LogP contribution is -2.07. The van der Waals surface area contributed by atoms with Crippen LogP contribution in [0.15, 0.2) is 24.5 Å². The van der Waals surface area contributed by atoms with Gasteiger partial charge in [0.05, 0.1) is 23.8 Å². The lowest BCUT2D eigenvalue weighted by Gasteiger charge is -2.16. The standard InChI is InChI=1S/C22H21N3O2S/c1-12-15(10-19(26)27)20(13-7-8-16-17(9-13)25(2)11-23-16)21-14-5-3-4-6-18(14)28-22(21)24-12/h7-9,11H,3-6,10H2,1-2H3,(H,26,27). The van der Waals surface area contributed by atoms with Crippen molar-refractivity contribution in [3.05, 3.63) is 46.2 Å². The molecule has 1 aromatic carbocycles. The van der Waals surface area contributed by atoms with Crippen molar-refractivity contribution >= 4 is 38.6 Å². The maximum atomic E-state index is 11.7. The summed E-state index contributed by atoms with van der Waals surface area (Å²) in [6.45, 7) is 1.93. The van der Waals surface area contributed by atoms with Crippen LogP contribution >= 0.6 is 11.3 Å². The van der Waals surface area contributed by atoms with E-state index in [-0.39, 0.29) is 6.42 Å². The smallest absolute Gasteiger partial charge is 0.307 e. The second-order valence-electron chi connectivity index (χ2n) is 7.57. The number of aliphatic carboxylic acids is 1. The largest absolute Gasteiger partial charge is 0.481 e. The number of carboxylic acids is 1. The summed E-state index contributed by atoms with van der Waals surface area (Å²) in [4.78, 5) is 23.4. The minimum absolute atomic E-state index is 0.0157. The molecule has 0 saturated heterocycles. The number of rotatable bonds is 3. The summed E-state index contributed by atoms with van der Waals surface area (Å²) in [6, 6.07) is 6.23. The average Bonchev–Trinajstić information content (AvgIpc) is 3.22. The van der Waals surface area contributed by atoms with Crippen LogP contribution in [-0.4, -0.2) is 25.6 Å². The first kappa shape index (κ1) is 17.4. The summed E-state index contributed by atoms with van der Waals surface area (Å²) in [7, 11) is 1.98. The van der Waals surface area contributed by atoms with Gasteiger partial charge in [-0.15, -0.1) is 11.3 Å². The van der Waals surface area contributed by atoms with Gasteiger partial charge in [0.15, 0.2) is 0 Å². The van der Waals surface area contributed by atoms with E-state index in [0.29, 0.717) is 0 Å². The Labute approximate surface area is 166 Å². The summed E-state index contributed by atoms with van der Waals surface area (Å²) in [6.07, 6.45) is 6.35. The number of hydrogen-bond donors (Lipinski definition) is 1. The zero-order valence-electron chi connectivity index (χ0n) is 16.0. The van der Waals surface area contributed by atoms with Crippen LogP contribution in [0.25, 0.3) is 32.4 Å². The Kier molecular flexibility index (Phi) is 3.98. The number of nitrogens with zero attached hydrogens (tertiary/aromatic N) is 3. The summed E-state index contributed by atoms with van der Waals surface area (Å²) >= 11 is 1.78. The van der Waals surface area contributed by atoms with Crippen molar-refractivity contribution in [1.29, 1.82) is 0 Å². The molecular weight excluding hydrogens is 370 g/mol. The molecule has 5 rings (SSSR count). The predicted molar refractivity (Wildman–Crippen MR) is 112 cm³/mol. The average molecular weight is 391 g/mol. The van der Waals surface area contributed by atoms with E-state index in [1.807, 2.05) is 30.9 Å². The zero-order chi connectivity index (χ0) is 19.4. The monoisotopic (exact) mass is 391 g/mol. The third-order valence-electron chi connectivity index (χ3n) is 5.75. The van der Waals surface area contributed by atoms with Crippen LogP contribution in [0.3, 0.4) is 0 Å². The van der Waals surface area contributed by atoms with Crippen LogP contribution in [0.1, 0.15) is 34.5 Å². The van der Waals surface area contributed by atoms with Crippen LogP contribution in [0.2, 0.25) is 0 Å². The van der Waals surface area contributed by atoms with E-state index < -0.39 is 5.97 Å².